The molecular weight excluding hydrogens is 281 g/mol. The van der Waals surface area contributed by atoms with Crippen molar-refractivity contribution in [1.82, 2.24) is 0 Å². The first kappa shape index (κ1) is 15.3. The molecule has 0 heterocycles. The van der Waals surface area contributed by atoms with Gasteiger partial charge in [-0.1, -0.05) is 32.6 Å². The smallest absolute Gasteiger partial charge is 0 e. The number of hydrogen-bond donors (Lipinski definition) is 0. The van der Waals surface area contributed by atoms with Crippen molar-refractivity contribution in [2.45, 2.75) is 32.6 Å². The van der Waals surface area contributed by atoms with E-state index in [1.807, 2.05) is 30.3 Å². The molecule has 0 unspecified atom stereocenters. The summed E-state index contributed by atoms with van der Waals surface area (Å²) in [7, 11) is 0. The van der Waals surface area contributed by atoms with Crippen LogP contribution in [0.3, 0.4) is 0 Å². The third-order valence-corrected chi connectivity index (χ3v) is 2.88. The van der Waals surface area contributed by atoms with Gasteiger partial charge in [-0.2, -0.15) is 17.7 Å². The van der Waals surface area contributed by atoms with Crippen LogP contribution in [0.2, 0.25) is 0 Å². The first-order valence-electron chi connectivity index (χ1n) is 5.55. The molecule has 0 radical (unpaired) electrons. The first-order chi connectivity index (χ1) is 7.17. The fourth-order valence-corrected chi connectivity index (χ4v) is 1.35. The van der Waals surface area contributed by atoms with Crippen molar-refractivity contribution < 1.29 is 19.5 Å². The summed E-state index contributed by atoms with van der Waals surface area (Å²) in [5.41, 5.74) is 1.82. The maximum Gasteiger partial charge on any atom is 0 e. The molecule has 2 aromatic carbocycles. The van der Waals surface area contributed by atoms with E-state index in [4.69, 9.17) is 0 Å². The molecule has 0 amide bonds. The quantitative estimate of drug-likeness (QED) is 0.566. The second-order valence-electron chi connectivity index (χ2n) is 4.37. The van der Waals surface area contributed by atoms with Gasteiger partial charge < -0.3 is 30.3 Å². The van der Waals surface area contributed by atoms with Crippen LogP contribution in [0.25, 0.3) is 0 Å². The Morgan fingerprint density at radius 3 is 1.62 bits per heavy atom. The molecule has 0 aliphatic heterocycles. The number of rotatable bonds is 2. The summed E-state index contributed by atoms with van der Waals surface area (Å²) in [6.07, 6.45) is 1.21. The Hall–Kier alpha value is -0.677. The van der Waals surface area contributed by atoms with E-state index in [0.717, 1.165) is 0 Å². The zero-order chi connectivity index (χ0) is 11.1. The van der Waals surface area contributed by atoms with Crippen LogP contribution in [-0.4, -0.2) is 0 Å². The Balaban J connectivity index is 0.000000318. The fraction of sp³-hybridized carbons (Fsp3) is 0.333. The average Bonchev–Trinajstić information content (AvgIpc) is 2.93. The van der Waals surface area contributed by atoms with E-state index in [2.05, 4.69) is 45.0 Å². The summed E-state index contributed by atoms with van der Waals surface area (Å²) in [6.45, 7) is 6.79. The van der Waals surface area contributed by atoms with E-state index < -0.39 is 0 Å². The van der Waals surface area contributed by atoms with Crippen LogP contribution in [0.1, 0.15) is 32.8 Å². The van der Waals surface area contributed by atoms with Gasteiger partial charge in [0, 0.05) is 19.5 Å². The Kier molecular flexibility index (Phi) is 7.25. The number of hydrogen-bond acceptors (Lipinski definition) is 0. The van der Waals surface area contributed by atoms with Crippen LogP contribution >= 0.6 is 0 Å². The molecule has 1 heteroatoms. The van der Waals surface area contributed by atoms with Crippen LogP contribution in [0.4, 0.5) is 0 Å². The van der Waals surface area contributed by atoms with Gasteiger partial charge in [-0.25, -0.2) is 12.1 Å². The standard InChI is InChI=1S/C10H15.C5H5.Ru/c1-4-10(2,3)9-7-5-6-8-9;1-2-4-5-3-1;/h5-8H,4H2,1-3H3;1-5H;/q-1;-5;. The van der Waals surface area contributed by atoms with Gasteiger partial charge in [-0.3, -0.25) is 0 Å². The van der Waals surface area contributed by atoms with Crippen molar-refractivity contribution in [3.05, 3.63) is 60.2 Å². The summed E-state index contributed by atoms with van der Waals surface area (Å²) in [6, 6.07) is 18.6. The molecule has 0 aliphatic carbocycles. The predicted molar refractivity (Wildman–Crippen MR) is 67.4 cm³/mol. The van der Waals surface area contributed by atoms with E-state index in [1.54, 1.807) is 0 Å². The van der Waals surface area contributed by atoms with Gasteiger partial charge in [0.15, 0.2) is 0 Å². The molecule has 0 aromatic heterocycles. The van der Waals surface area contributed by atoms with Crippen molar-refractivity contribution in [1.29, 1.82) is 0 Å². The largest absolute Gasteiger partial charge is 0.748 e. The van der Waals surface area contributed by atoms with Gasteiger partial charge in [0.2, 0.25) is 0 Å². The summed E-state index contributed by atoms with van der Waals surface area (Å²) in [4.78, 5) is 0. The molecule has 0 N–H and O–H groups in total. The zero-order valence-electron chi connectivity index (χ0n) is 10.3. The van der Waals surface area contributed by atoms with Crippen LogP contribution in [0.15, 0.2) is 54.6 Å². The van der Waals surface area contributed by atoms with Gasteiger partial charge in [0.05, 0.1) is 0 Å². The minimum Gasteiger partial charge on any atom is -0.748 e. The maximum absolute atomic E-state index is 2.28. The van der Waals surface area contributed by atoms with Crippen molar-refractivity contribution >= 4 is 0 Å². The second-order valence-corrected chi connectivity index (χ2v) is 4.37. The molecule has 0 saturated heterocycles. The Bertz CT molecular complexity index is 310. The van der Waals surface area contributed by atoms with E-state index in [-0.39, 0.29) is 19.5 Å². The second kappa shape index (κ2) is 7.57. The van der Waals surface area contributed by atoms with Crippen molar-refractivity contribution in [2.75, 3.05) is 0 Å². The molecule has 2 rings (SSSR count). The van der Waals surface area contributed by atoms with Gasteiger partial charge in [-0.05, 0) is 0 Å². The average molecular weight is 301 g/mol. The molecule has 16 heavy (non-hydrogen) atoms. The molecule has 0 atom stereocenters. The minimum atomic E-state index is 0. The first-order valence-corrected chi connectivity index (χ1v) is 5.55. The normalized spacial score (nSPS) is 9.94. The van der Waals surface area contributed by atoms with Crippen molar-refractivity contribution in [2.24, 2.45) is 0 Å². The topological polar surface area (TPSA) is 0 Å². The van der Waals surface area contributed by atoms with Crippen molar-refractivity contribution in [3.8, 4) is 0 Å². The zero-order valence-corrected chi connectivity index (χ0v) is 12.0. The molecule has 0 nitrogen and oxygen atoms in total. The molecule has 0 bridgehead atoms. The van der Waals surface area contributed by atoms with Gasteiger partial charge in [-0.15, -0.1) is 0 Å². The maximum atomic E-state index is 2.28. The summed E-state index contributed by atoms with van der Waals surface area (Å²) in [5.74, 6) is 0. The summed E-state index contributed by atoms with van der Waals surface area (Å²) < 4.78 is 0. The molecule has 0 fully saturated rings. The fourth-order valence-electron chi connectivity index (χ4n) is 1.35. The van der Waals surface area contributed by atoms with Crippen LogP contribution in [0.5, 0.6) is 0 Å². The van der Waals surface area contributed by atoms with E-state index in [1.165, 1.54) is 12.0 Å². The van der Waals surface area contributed by atoms with Crippen LogP contribution in [-0.2, 0) is 24.9 Å². The van der Waals surface area contributed by atoms with Crippen LogP contribution < -0.4 is 0 Å². The molecular formula is C15H20Ru-6. The van der Waals surface area contributed by atoms with E-state index >= 15 is 0 Å². The summed E-state index contributed by atoms with van der Waals surface area (Å²) in [5, 5.41) is 0. The predicted octanol–water partition coefficient (Wildman–Crippen LogP) is 4.50. The third kappa shape index (κ3) is 4.90. The SMILES string of the molecule is CCC(C)(C)[c-]1cccc1.[Ru].[cH-]1[cH-][cH-][cH-][cH-]1. The molecule has 2 aromatic rings. The van der Waals surface area contributed by atoms with Gasteiger partial charge >= 0.3 is 0 Å². The summed E-state index contributed by atoms with van der Waals surface area (Å²) >= 11 is 0. The third-order valence-electron chi connectivity index (χ3n) is 2.88. The van der Waals surface area contributed by atoms with Gasteiger partial charge in [0.25, 0.3) is 0 Å². The molecule has 0 aliphatic rings. The van der Waals surface area contributed by atoms with E-state index in [0.29, 0.717) is 5.41 Å². The molecule has 0 saturated carbocycles. The van der Waals surface area contributed by atoms with Crippen molar-refractivity contribution in [3.63, 3.8) is 0 Å². The van der Waals surface area contributed by atoms with Crippen LogP contribution in [0, 0.1) is 0 Å². The van der Waals surface area contributed by atoms with Gasteiger partial charge in [0.1, 0.15) is 0 Å². The Morgan fingerprint density at radius 2 is 1.31 bits per heavy atom. The Morgan fingerprint density at radius 1 is 0.938 bits per heavy atom. The van der Waals surface area contributed by atoms with E-state index in [9.17, 15) is 0 Å². The minimum absolute atomic E-state index is 0. The molecule has 0 spiro atoms. The molecule has 94 valence electrons. The Labute approximate surface area is 112 Å². The monoisotopic (exact) mass is 302 g/mol.